The number of amides is 1. The lowest BCUT2D eigenvalue weighted by molar-refractivity contribution is -0.143. The highest BCUT2D eigenvalue weighted by molar-refractivity contribution is 7.91. The van der Waals surface area contributed by atoms with E-state index in [0.29, 0.717) is 29.9 Å². The topological polar surface area (TPSA) is 150 Å². The third kappa shape index (κ3) is 10.4. The normalized spacial score (nSPS) is 16.0. The van der Waals surface area contributed by atoms with E-state index in [9.17, 15) is 44.3 Å². The summed E-state index contributed by atoms with van der Waals surface area (Å²) >= 11 is 0. The van der Waals surface area contributed by atoms with E-state index in [1.807, 2.05) is 6.92 Å². The highest BCUT2D eigenvalue weighted by Crippen LogP contribution is 2.41. The second-order valence-corrected chi connectivity index (χ2v) is 14.2. The van der Waals surface area contributed by atoms with E-state index in [0.717, 1.165) is 7.11 Å². The van der Waals surface area contributed by atoms with Crippen LogP contribution in [-0.2, 0) is 49.3 Å². The van der Waals surface area contributed by atoms with E-state index in [1.54, 1.807) is 19.1 Å². The van der Waals surface area contributed by atoms with Crippen molar-refractivity contribution in [2.24, 2.45) is 0 Å². The van der Waals surface area contributed by atoms with Crippen LogP contribution in [0.15, 0.2) is 42.3 Å². The number of ether oxygens (including phenoxy) is 3. The van der Waals surface area contributed by atoms with Crippen LogP contribution in [0.5, 0.6) is 5.88 Å². The average Bonchev–Trinajstić information content (AvgIpc) is 3.10. The van der Waals surface area contributed by atoms with Gasteiger partial charge in [0.05, 0.1) is 60.8 Å². The van der Waals surface area contributed by atoms with Gasteiger partial charge in [0.2, 0.25) is 11.8 Å². The van der Waals surface area contributed by atoms with E-state index in [-0.39, 0.29) is 66.6 Å². The molecule has 2 atom stereocenters. The summed E-state index contributed by atoms with van der Waals surface area (Å²) in [6.07, 6.45) is -9.26. The minimum Gasteiger partial charge on any atom is -0.489 e. The van der Waals surface area contributed by atoms with Gasteiger partial charge in [-0.15, -0.1) is 0 Å². The van der Waals surface area contributed by atoms with E-state index in [2.05, 4.69) is 20.3 Å². The van der Waals surface area contributed by atoms with Crippen molar-refractivity contribution in [3.63, 3.8) is 0 Å². The summed E-state index contributed by atoms with van der Waals surface area (Å²) in [5, 5.41) is 3.16. The Labute approximate surface area is 301 Å². The molecule has 12 nitrogen and oxygen atoms in total. The predicted octanol–water partition coefficient (Wildman–Crippen LogP) is 6.52. The summed E-state index contributed by atoms with van der Waals surface area (Å²) < 4.78 is 123. The molecule has 2 aromatic heterocycles. The van der Waals surface area contributed by atoms with Crippen LogP contribution in [0.3, 0.4) is 0 Å². The number of nitrogens with one attached hydrogen (secondary N) is 1. The number of carbonyl (C=O) groups is 1. The van der Waals surface area contributed by atoms with E-state index in [1.165, 1.54) is 24.1 Å². The Hall–Kier alpha value is -4.90. The van der Waals surface area contributed by atoms with Crippen molar-refractivity contribution < 1.29 is 58.6 Å². The SMILES string of the molecule is CCOC(=O)N1c2ccc(OC)nc2[C@@H](Nc2ncc(CCCS(=O)(=O)CC(=C=O)OC)c(Cc3cc(C(F)(F)F)cc(C(F)(F)F)c3)n2)C[C@H]1CC. The van der Waals surface area contributed by atoms with Gasteiger partial charge in [0.1, 0.15) is 5.75 Å². The molecule has 3 heterocycles. The molecular weight excluding hydrogens is 736 g/mol. The second-order valence-electron chi connectivity index (χ2n) is 12.0. The van der Waals surface area contributed by atoms with Gasteiger partial charge < -0.3 is 19.5 Å². The number of halogens is 6. The number of aromatic nitrogens is 3. The molecular formula is C34H37F6N5O7S. The van der Waals surface area contributed by atoms with E-state index in [4.69, 9.17) is 14.2 Å². The smallest absolute Gasteiger partial charge is 0.416 e. The molecule has 3 aromatic rings. The summed E-state index contributed by atoms with van der Waals surface area (Å²) in [5.74, 6) is -0.00999. The molecule has 0 bridgehead atoms. The monoisotopic (exact) mass is 773 g/mol. The fourth-order valence-electron chi connectivity index (χ4n) is 5.85. The molecule has 1 N–H and O–H groups in total. The van der Waals surface area contributed by atoms with Gasteiger partial charge >= 0.3 is 18.4 Å². The molecule has 1 aliphatic heterocycles. The number of aryl methyl sites for hydroxylation is 1. The van der Waals surface area contributed by atoms with Crippen molar-refractivity contribution in [3.05, 3.63) is 75.9 Å². The quantitative estimate of drug-likeness (QED) is 0.108. The number of alkyl halides is 6. The van der Waals surface area contributed by atoms with Crippen molar-refractivity contribution in [2.75, 3.05) is 42.5 Å². The highest BCUT2D eigenvalue weighted by atomic mass is 32.2. The third-order valence-electron chi connectivity index (χ3n) is 8.37. The second kappa shape index (κ2) is 16.8. The minimum absolute atomic E-state index is 0.0236. The molecule has 1 aliphatic rings. The summed E-state index contributed by atoms with van der Waals surface area (Å²) in [7, 11) is -1.33. The van der Waals surface area contributed by atoms with E-state index < -0.39 is 69.1 Å². The summed E-state index contributed by atoms with van der Waals surface area (Å²) in [6, 6.07) is 3.40. The first-order chi connectivity index (χ1) is 24.9. The van der Waals surface area contributed by atoms with Crippen LogP contribution in [0.2, 0.25) is 0 Å². The lowest BCUT2D eigenvalue weighted by Gasteiger charge is -2.39. The lowest BCUT2D eigenvalue weighted by Crippen LogP contribution is -2.46. The Morgan fingerprint density at radius 2 is 1.72 bits per heavy atom. The number of fused-ring (bicyclic) bond motifs is 1. The largest absolute Gasteiger partial charge is 0.489 e. The van der Waals surface area contributed by atoms with Crippen molar-refractivity contribution >= 4 is 33.5 Å². The summed E-state index contributed by atoms with van der Waals surface area (Å²) in [6.45, 7) is 3.67. The van der Waals surface area contributed by atoms with Gasteiger partial charge in [0, 0.05) is 24.7 Å². The first-order valence-corrected chi connectivity index (χ1v) is 18.1. The predicted molar refractivity (Wildman–Crippen MR) is 180 cm³/mol. The van der Waals surface area contributed by atoms with Gasteiger partial charge in [-0.3, -0.25) is 4.90 Å². The maximum atomic E-state index is 13.7. The van der Waals surface area contributed by atoms with Gasteiger partial charge in [-0.1, -0.05) is 6.92 Å². The number of hydrogen-bond acceptors (Lipinski definition) is 11. The Kier molecular flexibility index (Phi) is 13.0. The summed E-state index contributed by atoms with van der Waals surface area (Å²) in [5.41, 5.74) is -2.27. The number of rotatable bonds is 14. The van der Waals surface area contributed by atoms with Gasteiger partial charge in [0.15, 0.2) is 21.5 Å². The van der Waals surface area contributed by atoms with Crippen LogP contribution < -0.4 is 15.0 Å². The molecule has 288 valence electrons. The molecule has 0 saturated carbocycles. The lowest BCUT2D eigenvalue weighted by atomic mass is 9.93. The van der Waals surface area contributed by atoms with Crippen molar-refractivity contribution in [1.29, 1.82) is 0 Å². The van der Waals surface area contributed by atoms with Gasteiger partial charge in [0.25, 0.3) is 0 Å². The Bertz CT molecular complexity index is 1920. The van der Waals surface area contributed by atoms with Crippen molar-refractivity contribution in [2.45, 2.75) is 70.4 Å². The fraction of sp³-hybridized carbons (Fsp3) is 0.471. The van der Waals surface area contributed by atoms with Crippen LogP contribution in [0, 0.1) is 0 Å². The standard InChI is InChI=1S/C34H37F6N5O7S/c1-5-24-16-27(30-28(9-10-29(44-30)51-4)45(24)32(47)52-6-2)43-31-41-17-21(8-7-11-53(48,49)19-25(18-46)50-3)26(42-31)14-20-12-22(33(35,36)37)15-23(13-20)34(38,39)40/h9-10,12-13,15,17,24,27H,5-8,11,14,16,19H2,1-4H3,(H,41,42,43)/t24-,27+/m1/s1. The number of benzene rings is 1. The first-order valence-electron chi connectivity index (χ1n) is 16.3. The Balaban J connectivity index is 1.75. The molecule has 1 aromatic carbocycles. The molecule has 0 saturated heterocycles. The average molecular weight is 774 g/mol. The number of anilines is 2. The van der Waals surface area contributed by atoms with Crippen LogP contribution in [-0.4, -0.2) is 73.8 Å². The van der Waals surface area contributed by atoms with Gasteiger partial charge in [-0.25, -0.2) is 33.0 Å². The number of pyridine rings is 1. The minimum atomic E-state index is -5.09. The maximum Gasteiger partial charge on any atom is 0.416 e. The Morgan fingerprint density at radius 1 is 1.04 bits per heavy atom. The molecule has 53 heavy (non-hydrogen) atoms. The summed E-state index contributed by atoms with van der Waals surface area (Å²) in [4.78, 5) is 38.8. The molecule has 0 radical (unpaired) electrons. The van der Waals surface area contributed by atoms with Crippen LogP contribution in [0.1, 0.15) is 72.8 Å². The van der Waals surface area contributed by atoms with Crippen LogP contribution in [0.25, 0.3) is 0 Å². The fourth-order valence-corrected chi connectivity index (χ4v) is 7.16. The molecule has 0 unspecified atom stereocenters. The first kappa shape index (κ1) is 40.9. The van der Waals surface area contributed by atoms with Crippen LogP contribution >= 0.6 is 0 Å². The molecule has 19 heteroatoms. The van der Waals surface area contributed by atoms with Crippen LogP contribution in [0.4, 0.5) is 42.8 Å². The maximum absolute atomic E-state index is 13.7. The molecule has 4 rings (SSSR count). The van der Waals surface area contributed by atoms with E-state index >= 15 is 0 Å². The molecule has 0 spiro atoms. The third-order valence-corrected chi connectivity index (χ3v) is 9.99. The zero-order valence-corrected chi connectivity index (χ0v) is 29.9. The zero-order chi connectivity index (χ0) is 39.1. The molecule has 0 aliphatic carbocycles. The number of sulfone groups is 1. The number of nitrogens with zero attached hydrogens (tertiary/aromatic N) is 4. The highest BCUT2D eigenvalue weighted by Gasteiger charge is 2.39. The number of hydrogen-bond donors (Lipinski definition) is 1. The Morgan fingerprint density at radius 3 is 2.28 bits per heavy atom. The van der Waals surface area contributed by atoms with Crippen molar-refractivity contribution in [1.82, 2.24) is 15.0 Å². The molecule has 0 fully saturated rings. The zero-order valence-electron chi connectivity index (χ0n) is 29.1. The molecule has 1 amide bonds. The number of methoxy groups -OCH3 is 2. The van der Waals surface area contributed by atoms with Gasteiger partial charge in [-0.2, -0.15) is 26.3 Å². The van der Waals surface area contributed by atoms with Gasteiger partial charge in [-0.05, 0) is 68.0 Å². The van der Waals surface area contributed by atoms with Crippen molar-refractivity contribution in [3.8, 4) is 5.88 Å². The number of carbonyl (C=O) groups excluding carboxylic acids is 2.